The van der Waals surface area contributed by atoms with Gasteiger partial charge < -0.3 is 20.8 Å². The largest absolute Gasteiger partial charge is 0.394 e. The van der Waals surface area contributed by atoms with E-state index in [2.05, 4.69) is 17.6 Å². The Morgan fingerprint density at radius 1 is 1.06 bits per heavy atom. The van der Waals surface area contributed by atoms with Crippen molar-refractivity contribution in [1.29, 1.82) is 0 Å². The number of hydrogen-bond acceptors (Lipinski definition) is 6. The SMILES string of the molecule is CCCCCCCCCCC[C@H]1CCN[C@@H](C(=O)N[C@@H](CO)[C@@H](O)c2ccc(S(C)(=O)=O)cc2)C1. The van der Waals surface area contributed by atoms with E-state index < -0.39 is 28.6 Å². The molecule has 2 rings (SSSR count). The Hall–Kier alpha value is -1.48. The zero-order valence-electron chi connectivity index (χ0n) is 21.5. The molecule has 0 radical (unpaired) electrons. The lowest BCUT2D eigenvalue weighted by molar-refractivity contribution is -0.126. The highest BCUT2D eigenvalue weighted by Crippen LogP contribution is 2.24. The summed E-state index contributed by atoms with van der Waals surface area (Å²) in [4.78, 5) is 13.0. The molecule has 1 fully saturated rings. The molecule has 0 aliphatic carbocycles. The molecule has 1 amide bonds. The van der Waals surface area contributed by atoms with E-state index in [1.165, 1.54) is 82.1 Å². The fourth-order valence-electron chi connectivity index (χ4n) is 4.85. The monoisotopic (exact) mass is 510 g/mol. The van der Waals surface area contributed by atoms with Gasteiger partial charge in [0.15, 0.2) is 9.84 Å². The lowest BCUT2D eigenvalue weighted by Crippen LogP contribution is -2.53. The van der Waals surface area contributed by atoms with Crippen LogP contribution in [0.15, 0.2) is 29.2 Å². The maximum absolute atomic E-state index is 12.9. The Morgan fingerprint density at radius 2 is 1.66 bits per heavy atom. The second-order valence-corrected chi connectivity index (χ2v) is 12.1. The Bertz CT molecular complexity index is 844. The Kier molecular flexibility index (Phi) is 13.3. The molecular weight excluding hydrogens is 464 g/mol. The number of unbranched alkanes of at least 4 members (excludes halogenated alkanes) is 8. The van der Waals surface area contributed by atoms with Gasteiger partial charge in [0.1, 0.15) is 6.10 Å². The average Bonchev–Trinajstić information content (AvgIpc) is 2.85. The molecule has 0 bridgehead atoms. The highest BCUT2D eigenvalue weighted by molar-refractivity contribution is 7.90. The molecule has 1 saturated heterocycles. The van der Waals surface area contributed by atoms with Gasteiger partial charge in [-0.3, -0.25) is 4.79 Å². The predicted molar refractivity (Wildman–Crippen MR) is 140 cm³/mol. The van der Waals surface area contributed by atoms with Crippen molar-refractivity contribution in [2.45, 2.75) is 107 Å². The summed E-state index contributed by atoms with van der Waals surface area (Å²) in [5.74, 6) is 0.297. The number of nitrogens with one attached hydrogen (secondary N) is 2. The first-order valence-corrected chi connectivity index (χ1v) is 15.3. The van der Waals surface area contributed by atoms with Gasteiger partial charge in [0.05, 0.1) is 23.6 Å². The van der Waals surface area contributed by atoms with Crippen LogP contribution < -0.4 is 10.6 Å². The number of amides is 1. The Morgan fingerprint density at radius 3 is 2.23 bits per heavy atom. The zero-order valence-corrected chi connectivity index (χ0v) is 22.4. The minimum Gasteiger partial charge on any atom is -0.394 e. The highest BCUT2D eigenvalue weighted by Gasteiger charge is 2.30. The highest BCUT2D eigenvalue weighted by atomic mass is 32.2. The maximum Gasteiger partial charge on any atom is 0.237 e. The number of sulfone groups is 1. The number of carbonyl (C=O) groups excluding carboxylic acids is 1. The van der Waals surface area contributed by atoms with Gasteiger partial charge in [-0.15, -0.1) is 0 Å². The molecule has 4 N–H and O–H groups in total. The number of rotatable bonds is 16. The lowest BCUT2D eigenvalue weighted by Gasteiger charge is -2.31. The topological polar surface area (TPSA) is 116 Å². The molecule has 0 aromatic heterocycles. The third-order valence-electron chi connectivity index (χ3n) is 7.10. The molecule has 200 valence electrons. The van der Waals surface area contributed by atoms with E-state index in [9.17, 15) is 23.4 Å². The number of hydrogen-bond donors (Lipinski definition) is 4. The normalized spacial score (nSPS) is 20.3. The number of aliphatic hydroxyl groups excluding tert-OH is 2. The molecule has 1 heterocycles. The Balaban J connectivity index is 1.75. The summed E-state index contributed by atoms with van der Waals surface area (Å²) in [7, 11) is -3.34. The number of carbonyl (C=O) groups is 1. The van der Waals surface area contributed by atoms with Crippen molar-refractivity contribution in [3.63, 3.8) is 0 Å². The van der Waals surface area contributed by atoms with Crippen LogP contribution in [0.1, 0.15) is 95.6 Å². The van der Waals surface area contributed by atoms with Gasteiger partial charge in [-0.2, -0.15) is 0 Å². The van der Waals surface area contributed by atoms with Gasteiger partial charge in [0.25, 0.3) is 0 Å². The van der Waals surface area contributed by atoms with Crippen molar-refractivity contribution >= 4 is 15.7 Å². The van der Waals surface area contributed by atoms with Crippen molar-refractivity contribution in [2.24, 2.45) is 5.92 Å². The molecule has 0 spiro atoms. The van der Waals surface area contributed by atoms with Crippen LogP contribution in [0.2, 0.25) is 0 Å². The second-order valence-electron chi connectivity index (χ2n) is 10.1. The summed E-state index contributed by atoms with van der Waals surface area (Å²) in [6.45, 7) is 2.61. The molecule has 1 aromatic carbocycles. The minimum absolute atomic E-state index is 0.155. The minimum atomic E-state index is -3.34. The van der Waals surface area contributed by atoms with Crippen molar-refractivity contribution in [2.75, 3.05) is 19.4 Å². The van der Waals surface area contributed by atoms with Gasteiger partial charge in [-0.25, -0.2) is 8.42 Å². The van der Waals surface area contributed by atoms with Crippen LogP contribution in [0.3, 0.4) is 0 Å². The van der Waals surface area contributed by atoms with E-state index >= 15 is 0 Å². The molecule has 8 heteroatoms. The van der Waals surface area contributed by atoms with Crippen molar-refractivity contribution in [1.82, 2.24) is 10.6 Å². The molecule has 1 aliphatic rings. The molecule has 1 aliphatic heterocycles. The van der Waals surface area contributed by atoms with Crippen molar-refractivity contribution in [3.8, 4) is 0 Å². The number of aliphatic hydroxyl groups is 2. The van der Waals surface area contributed by atoms with Gasteiger partial charge in [0, 0.05) is 6.26 Å². The summed E-state index contributed by atoms with van der Waals surface area (Å²) in [5, 5.41) is 26.5. The fraction of sp³-hybridized carbons (Fsp3) is 0.741. The van der Waals surface area contributed by atoms with Gasteiger partial charge in [0.2, 0.25) is 5.91 Å². The number of piperidine rings is 1. The van der Waals surface area contributed by atoms with Crippen molar-refractivity contribution in [3.05, 3.63) is 29.8 Å². The first-order valence-electron chi connectivity index (χ1n) is 13.4. The fourth-order valence-corrected chi connectivity index (χ4v) is 5.48. The van der Waals surface area contributed by atoms with E-state index in [0.29, 0.717) is 11.5 Å². The predicted octanol–water partition coefficient (Wildman–Crippen LogP) is 3.89. The van der Waals surface area contributed by atoms with Gasteiger partial charge in [-0.05, 0) is 43.0 Å². The Labute approximate surface area is 212 Å². The summed E-state index contributed by atoms with van der Waals surface area (Å²) in [5.41, 5.74) is 0.441. The van der Waals surface area contributed by atoms with E-state index in [1.807, 2.05) is 0 Å². The summed E-state index contributed by atoms with van der Waals surface area (Å²) in [6.07, 6.45) is 14.7. The van der Waals surface area contributed by atoms with Crippen LogP contribution in [-0.4, -0.2) is 56.0 Å². The van der Waals surface area contributed by atoms with E-state index in [4.69, 9.17) is 0 Å². The number of benzene rings is 1. The third kappa shape index (κ3) is 10.6. The second kappa shape index (κ2) is 15.6. The van der Waals surface area contributed by atoms with Crippen LogP contribution in [0, 0.1) is 5.92 Å². The quantitative estimate of drug-likeness (QED) is 0.251. The molecule has 7 nitrogen and oxygen atoms in total. The van der Waals surface area contributed by atoms with E-state index in [0.717, 1.165) is 32.1 Å². The molecule has 4 atom stereocenters. The van der Waals surface area contributed by atoms with E-state index in [-0.39, 0.29) is 16.8 Å². The van der Waals surface area contributed by atoms with Gasteiger partial charge >= 0.3 is 0 Å². The maximum atomic E-state index is 12.9. The molecule has 35 heavy (non-hydrogen) atoms. The summed E-state index contributed by atoms with van der Waals surface area (Å²) < 4.78 is 23.3. The average molecular weight is 511 g/mol. The van der Waals surface area contributed by atoms with Crippen LogP contribution in [0.4, 0.5) is 0 Å². The van der Waals surface area contributed by atoms with E-state index in [1.54, 1.807) is 0 Å². The standard InChI is InChI=1S/C27H46N2O5S/c1-3-4-5-6-7-8-9-10-11-12-21-17-18-28-24(19-21)27(32)29-25(20-30)26(31)22-13-15-23(16-14-22)35(2,33)34/h13-16,21,24-26,28,30-31H,3-12,17-20H2,1-2H3,(H,29,32)/t21-,24+,25-,26-/m0/s1. The summed E-state index contributed by atoms with van der Waals surface area (Å²) >= 11 is 0. The van der Waals surface area contributed by atoms with Crippen LogP contribution in [0.25, 0.3) is 0 Å². The molecule has 0 unspecified atom stereocenters. The molecule has 1 aromatic rings. The smallest absolute Gasteiger partial charge is 0.237 e. The first-order chi connectivity index (χ1) is 16.8. The van der Waals surface area contributed by atoms with Gasteiger partial charge in [-0.1, -0.05) is 83.3 Å². The first kappa shape index (κ1) is 29.7. The summed E-state index contributed by atoms with van der Waals surface area (Å²) in [6, 6.07) is 4.66. The molecular formula is C27H46N2O5S. The van der Waals surface area contributed by atoms with Crippen LogP contribution in [0.5, 0.6) is 0 Å². The lowest BCUT2D eigenvalue weighted by atomic mass is 9.87. The molecule has 0 saturated carbocycles. The zero-order chi connectivity index (χ0) is 25.7. The van der Waals surface area contributed by atoms with Crippen LogP contribution in [-0.2, 0) is 14.6 Å². The van der Waals surface area contributed by atoms with Crippen LogP contribution >= 0.6 is 0 Å². The third-order valence-corrected chi connectivity index (χ3v) is 8.23. The van der Waals surface area contributed by atoms with Crippen molar-refractivity contribution < 1.29 is 23.4 Å².